The Kier molecular flexibility index (Phi) is 7.80. The van der Waals surface area contributed by atoms with Gasteiger partial charge in [-0.15, -0.1) is 0 Å². The lowest BCUT2D eigenvalue weighted by Crippen LogP contribution is -2.44. The van der Waals surface area contributed by atoms with Crippen LogP contribution in [0.1, 0.15) is 63.8 Å². The Hall–Kier alpha value is -2.65. The van der Waals surface area contributed by atoms with Gasteiger partial charge in [0.1, 0.15) is 6.04 Å². The number of piperidine rings is 4. The Morgan fingerprint density at radius 2 is 1.51 bits per heavy atom. The summed E-state index contributed by atoms with van der Waals surface area (Å²) in [5.74, 6) is 1.97. The molecule has 1 aromatic carbocycles. The van der Waals surface area contributed by atoms with Crippen molar-refractivity contribution in [2.24, 2.45) is 24.8 Å². The zero-order chi connectivity index (χ0) is 26.9. The summed E-state index contributed by atoms with van der Waals surface area (Å²) in [6.07, 6.45) is 9.94. The van der Waals surface area contributed by atoms with Gasteiger partial charge in [-0.25, -0.2) is 4.79 Å². The number of nitrogens with zero attached hydrogens (tertiary/aromatic N) is 4. The topological polar surface area (TPSA) is 91.6 Å². The van der Waals surface area contributed by atoms with E-state index in [0.29, 0.717) is 6.42 Å². The smallest absolute Gasteiger partial charge is 0.329 e. The molecular formula is C30H44N6O3. The molecule has 1 atom stereocenters. The first kappa shape index (κ1) is 26.6. The van der Waals surface area contributed by atoms with Crippen molar-refractivity contribution in [3.8, 4) is 0 Å². The summed E-state index contributed by atoms with van der Waals surface area (Å²) in [5, 5.41) is 5.88. The second-order valence-electron chi connectivity index (χ2n) is 12.5. The maximum atomic E-state index is 13.1. The first-order chi connectivity index (χ1) is 19.0. The Balaban J connectivity index is 1.03. The van der Waals surface area contributed by atoms with Crippen molar-refractivity contribution >= 4 is 28.5 Å². The maximum Gasteiger partial charge on any atom is 0.329 e. The molecule has 0 saturated carbocycles. The minimum atomic E-state index is -0.643. The van der Waals surface area contributed by atoms with Gasteiger partial charge in [0, 0.05) is 38.8 Å². The summed E-state index contributed by atoms with van der Waals surface area (Å²) in [5.41, 5.74) is 2.50. The van der Waals surface area contributed by atoms with Crippen molar-refractivity contribution in [3.63, 3.8) is 0 Å². The number of nitrogens with one attached hydrogen (secondary N) is 2. The number of carbonyl (C=O) groups is 2. The van der Waals surface area contributed by atoms with E-state index < -0.39 is 11.9 Å². The SMILES string of the molecule is Cn1c(=O)n(C2CCC(=O)NC2=O)c2ccc(N3CCC(CN4CCC(CC5CCNCC5)CC4)CC3)cc21. The van der Waals surface area contributed by atoms with Crippen LogP contribution in [0.15, 0.2) is 23.0 Å². The number of benzene rings is 1. The summed E-state index contributed by atoms with van der Waals surface area (Å²) in [6, 6.07) is 5.50. The lowest BCUT2D eigenvalue weighted by atomic mass is 9.83. The summed E-state index contributed by atoms with van der Waals surface area (Å²) in [4.78, 5) is 42.3. The quantitative estimate of drug-likeness (QED) is 0.552. The highest BCUT2D eigenvalue weighted by Gasteiger charge is 2.32. The fourth-order valence-electron chi connectivity index (χ4n) is 7.51. The number of imidazole rings is 1. The van der Waals surface area contributed by atoms with Crippen molar-refractivity contribution in [2.75, 3.05) is 50.7 Å². The van der Waals surface area contributed by atoms with E-state index in [-0.39, 0.29) is 18.0 Å². The van der Waals surface area contributed by atoms with Crippen molar-refractivity contribution in [3.05, 3.63) is 28.7 Å². The largest absolute Gasteiger partial charge is 0.371 e. The Bertz CT molecular complexity index is 1250. The van der Waals surface area contributed by atoms with E-state index in [9.17, 15) is 14.4 Å². The number of rotatable bonds is 6. The molecular weight excluding hydrogens is 492 g/mol. The van der Waals surface area contributed by atoms with E-state index in [1.54, 1.807) is 16.2 Å². The predicted octanol–water partition coefficient (Wildman–Crippen LogP) is 2.64. The lowest BCUT2D eigenvalue weighted by Gasteiger charge is -2.39. The molecule has 4 saturated heterocycles. The number of anilines is 1. The van der Waals surface area contributed by atoms with E-state index in [1.807, 2.05) is 6.07 Å². The molecule has 0 radical (unpaired) electrons. The number of aryl methyl sites for hydroxylation is 1. The number of imide groups is 1. The summed E-state index contributed by atoms with van der Waals surface area (Å²) in [6.45, 7) is 8.26. The van der Waals surface area contributed by atoms with Crippen LogP contribution < -0.4 is 21.2 Å². The molecule has 0 aliphatic carbocycles. The molecule has 4 aliphatic rings. The Morgan fingerprint density at radius 3 is 2.23 bits per heavy atom. The van der Waals surface area contributed by atoms with Crippen LogP contribution in [0.4, 0.5) is 5.69 Å². The van der Waals surface area contributed by atoms with Gasteiger partial charge in [-0.3, -0.25) is 24.0 Å². The van der Waals surface area contributed by atoms with E-state index in [2.05, 4.69) is 32.6 Å². The molecule has 1 aromatic heterocycles. The van der Waals surface area contributed by atoms with E-state index in [1.165, 1.54) is 77.7 Å². The number of aromatic nitrogens is 2. The predicted molar refractivity (Wildman–Crippen MR) is 153 cm³/mol. The molecule has 0 bridgehead atoms. The second-order valence-corrected chi connectivity index (χ2v) is 12.5. The van der Waals surface area contributed by atoms with Crippen molar-refractivity contribution in [2.45, 2.75) is 63.8 Å². The first-order valence-electron chi connectivity index (χ1n) is 15.2. The highest BCUT2D eigenvalue weighted by molar-refractivity contribution is 6.00. The number of amides is 2. The van der Waals surface area contributed by atoms with Gasteiger partial charge in [-0.1, -0.05) is 0 Å². The summed E-state index contributed by atoms with van der Waals surface area (Å²) in [7, 11) is 1.76. The monoisotopic (exact) mass is 536 g/mol. The van der Waals surface area contributed by atoms with E-state index in [4.69, 9.17) is 0 Å². The van der Waals surface area contributed by atoms with E-state index in [0.717, 1.165) is 47.6 Å². The van der Waals surface area contributed by atoms with Gasteiger partial charge in [0.05, 0.1) is 11.0 Å². The summed E-state index contributed by atoms with van der Waals surface area (Å²) >= 11 is 0. The maximum absolute atomic E-state index is 13.1. The third kappa shape index (κ3) is 5.66. The molecule has 2 amide bonds. The van der Waals surface area contributed by atoms with Crippen LogP contribution in [-0.2, 0) is 16.6 Å². The zero-order valence-corrected chi connectivity index (χ0v) is 23.4. The number of hydrogen-bond acceptors (Lipinski definition) is 6. The van der Waals surface area contributed by atoms with Crippen LogP contribution in [0.5, 0.6) is 0 Å². The van der Waals surface area contributed by atoms with Gasteiger partial charge in [-0.2, -0.15) is 0 Å². The van der Waals surface area contributed by atoms with Crippen LogP contribution in [-0.4, -0.2) is 71.7 Å². The average Bonchev–Trinajstić information content (AvgIpc) is 3.20. The molecule has 4 fully saturated rings. The minimum Gasteiger partial charge on any atom is -0.371 e. The van der Waals surface area contributed by atoms with Crippen LogP contribution in [0.2, 0.25) is 0 Å². The molecule has 212 valence electrons. The van der Waals surface area contributed by atoms with Gasteiger partial charge in [-0.05, 0) is 113 Å². The standard InChI is InChI=1S/C30H44N6O3/c1-33-27-19-24(2-3-25(27)36(30(33)39)26-4-5-28(37)32-29(26)38)35-16-10-23(11-17-35)20-34-14-8-22(9-15-34)18-21-6-12-31-13-7-21/h2-3,19,21-23,26,31H,4-18,20H2,1H3,(H,32,37,38). The van der Waals surface area contributed by atoms with E-state index >= 15 is 0 Å². The second kappa shape index (κ2) is 11.5. The summed E-state index contributed by atoms with van der Waals surface area (Å²) < 4.78 is 3.19. The number of fused-ring (bicyclic) bond motifs is 1. The fraction of sp³-hybridized carbons (Fsp3) is 0.700. The Morgan fingerprint density at radius 1 is 0.821 bits per heavy atom. The van der Waals surface area contributed by atoms with Crippen LogP contribution in [0.3, 0.4) is 0 Å². The molecule has 9 nitrogen and oxygen atoms in total. The fourth-order valence-corrected chi connectivity index (χ4v) is 7.51. The highest BCUT2D eigenvalue weighted by atomic mass is 16.2. The number of likely N-dealkylation sites (tertiary alicyclic amines) is 1. The molecule has 39 heavy (non-hydrogen) atoms. The molecule has 9 heteroatoms. The van der Waals surface area contributed by atoms with Crippen molar-refractivity contribution < 1.29 is 9.59 Å². The average molecular weight is 537 g/mol. The van der Waals surface area contributed by atoms with Gasteiger partial charge in [0.25, 0.3) is 0 Å². The Labute approximate surface area is 230 Å². The van der Waals surface area contributed by atoms with Crippen LogP contribution >= 0.6 is 0 Å². The number of carbonyl (C=O) groups excluding carboxylic acids is 2. The molecule has 2 N–H and O–H groups in total. The van der Waals surface area contributed by atoms with Gasteiger partial charge in [0.2, 0.25) is 11.8 Å². The molecule has 6 rings (SSSR count). The normalized spacial score (nSPS) is 24.9. The van der Waals surface area contributed by atoms with Gasteiger partial charge >= 0.3 is 5.69 Å². The van der Waals surface area contributed by atoms with Crippen LogP contribution in [0, 0.1) is 17.8 Å². The molecule has 0 spiro atoms. The van der Waals surface area contributed by atoms with Crippen molar-refractivity contribution in [1.29, 1.82) is 0 Å². The minimum absolute atomic E-state index is 0.213. The molecule has 2 aromatic rings. The lowest BCUT2D eigenvalue weighted by molar-refractivity contribution is -0.135. The third-order valence-electron chi connectivity index (χ3n) is 9.92. The van der Waals surface area contributed by atoms with Gasteiger partial charge in [0.15, 0.2) is 0 Å². The molecule has 5 heterocycles. The molecule has 1 unspecified atom stereocenters. The van der Waals surface area contributed by atoms with Crippen molar-refractivity contribution in [1.82, 2.24) is 24.7 Å². The number of hydrogen-bond donors (Lipinski definition) is 2. The highest BCUT2D eigenvalue weighted by Crippen LogP contribution is 2.31. The van der Waals surface area contributed by atoms with Crippen LogP contribution in [0.25, 0.3) is 11.0 Å². The van der Waals surface area contributed by atoms with Gasteiger partial charge < -0.3 is 15.1 Å². The molecule has 4 aliphatic heterocycles. The first-order valence-corrected chi connectivity index (χ1v) is 15.2. The third-order valence-corrected chi connectivity index (χ3v) is 9.92. The zero-order valence-electron chi connectivity index (χ0n) is 23.4.